The summed E-state index contributed by atoms with van der Waals surface area (Å²) in [6, 6.07) is 12.2. The SMILES string of the molecule is O=C(CCc1cccnc1)N1CCN(S(=O)(=O)c2ccccc2)CC1. The van der Waals surface area contributed by atoms with Crippen LogP contribution in [0.15, 0.2) is 59.8 Å². The molecule has 0 radical (unpaired) electrons. The standard InChI is InChI=1S/C18H21N3O3S/c22-18(9-8-16-5-4-10-19-15-16)20-11-13-21(14-12-20)25(23,24)17-6-2-1-3-7-17/h1-7,10,15H,8-9,11-14H2. The monoisotopic (exact) mass is 359 g/mol. The lowest BCUT2D eigenvalue weighted by molar-refractivity contribution is -0.132. The highest BCUT2D eigenvalue weighted by molar-refractivity contribution is 7.89. The van der Waals surface area contributed by atoms with Gasteiger partial charge in [-0.1, -0.05) is 24.3 Å². The van der Waals surface area contributed by atoms with E-state index in [1.165, 1.54) is 4.31 Å². The molecule has 2 heterocycles. The molecule has 7 heteroatoms. The summed E-state index contributed by atoms with van der Waals surface area (Å²) in [6.07, 6.45) is 4.53. The number of hydrogen-bond donors (Lipinski definition) is 0. The van der Waals surface area contributed by atoms with Crippen LogP contribution in [-0.2, 0) is 21.2 Å². The van der Waals surface area contributed by atoms with Gasteiger partial charge in [-0.15, -0.1) is 0 Å². The first-order valence-electron chi connectivity index (χ1n) is 8.29. The summed E-state index contributed by atoms with van der Waals surface area (Å²) in [5, 5.41) is 0. The third-order valence-electron chi connectivity index (χ3n) is 4.32. The van der Waals surface area contributed by atoms with Gasteiger partial charge in [0.1, 0.15) is 0 Å². The number of piperazine rings is 1. The van der Waals surface area contributed by atoms with Crippen LogP contribution < -0.4 is 0 Å². The Balaban J connectivity index is 1.54. The Morgan fingerprint density at radius 3 is 2.36 bits per heavy atom. The van der Waals surface area contributed by atoms with Crippen LogP contribution in [0.25, 0.3) is 0 Å². The molecule has 3 rings (SSSR count). The van der Waals surface area contributed by atoms with Crippen LogP contribution in [0.4, 0.5) is 0 Å². The summed E-state index contributed by atoms with van der Waals surface area (Å²) in [7, 11) is -3.48. The lowest BCUT2D eigenvalue weighted by Crippen LogP contribution is -2.50. The Hall–Kier alpha value is -2.25. The molecule has 1 amide bonds. The van der Waals surface area contributed by atoms with Crippen LogP contribution in [0.5, 0.6) is 0 Å². The third-order valence-corrected chi connectivity index (χ3v) is 6.24. The second-order valence-electron chi connectivity index (χ2n) is 5.96. The van der Waals surface area contributed by atoms with Crippen molar-refractivity contribution in [2.24, 2.45) is 0 Å². The van der Waals surface area contributed by atoms with Gasteiger partial charge in [-0.05, 0) is 30.2 Å². The molecule has 1 aromatic heterocycles. The number of hydrogen-bond acceptors (Lipinski definition) is 4. The number of carbonyl (C=O) groups is 1. The minimum Gasteiger partial charge on any atom is -0.340 e. The lowest BCUT2D eigenvalue weighted by Gasteiger charge is -2.34. The second-order valence-corrected chi connectivity index (χ2v) is 7.90. The lowest BCUT2D eigenvalue weighted by atomic mass is 10.1. The molecule has 0 spiro atoms. The van der Waals surface area contributed by atoms with Gasteiger partial charge in [0.15, 0.2) is 0 Å². The molecule has 6 nitrogen and oxygen atoms in total. The van der Waals surface area contributed by atoms with Crippen LogP contribution >= 0.6 is 0 Å². The van der Waals surface area contributed by atoms with Gasteiger partial charge in [0.25, 0.3) is 0 Å². The number of rotatable bonds is 5. The Bertz CT molecular complexity index is 802. The predicted molar refractivity (Wildman–Crippen MR) is 94.3 cm³/mol. The van der Waals surface area contributed by atoms with Gasteiger partial charge in [0.05, 0.1) is 4.90 Å². The second kappa shape index (κ2) is 7.76. The van der Waals surface area contributed by atoms with Crippen LogP contribution in [0.2, 0.25) is 0 Å². The van der Waals surface area contributed by atoms with E-state index in [1.807, 2.05) is 12.1 Å². The minimum atomic E-state index is -3.48. The van der Waals surface area contributed by atoms with Crippen molar-refractivity contribution in [2.75, 3.05) is 26.2 Å². The Labute approximate surface area is 148 Å². The average molecular weight is 359 g/mol. The highest BCUT2D eigenvalue weighted by Crippen LogP contribution is 2.17. The van der Waals surface area contributed by atoms with Crippen molar-refractivity contribution >= 4 is 15.9 Å². The van der Waals surface area contributed by atoms with Gasteiger partial charge in [-0.25, -0.2) is 8.42 Å². The molecule has 1 aromatic carbocycles. The quantitative estimate of drug-likeness (QED) is 0.812. The minimum absolute atomic E-state index is 0.0561. The Morgan fingerprint density at radius 2 is 1.72 bits per heavy atom. The normalized spacial score (nSPS) is 15.9. The molecular weight excluding hydrogens is 338 g/mol. The Morgan fingerprint density at radius 1 is 1.00 bits per heavy atom. The van der Waals surface area contributed by atoms with E-state index >= 15 is 0 Å². The molecule has 2 aromatic rings. The summed E-state index contributed by atoms with van der Waals surface area (Å²) < 4.78 is 26.6. The Kier molecular flexibility index (Phi) is 5.45. The number of benzene rings is 1. The van der Waals surface area contributed by atoms with Crippen molar-refractivity contribution in [1.82, 2.24) is 14.2 Å². The molecule has 0 N–H and O–H groups in total. The number of aryl methyl sites for hydroxylation is 1. The first kappa shape index (κ1) is 17.6. The van der Waals surface area contributed by atoms with Crippen LogP contribution in [0.1, 0.15) is 12.0 Å². The zero-order chi connectivity index (χ0) is 17.7. The molecule has 0 atom stereocenters. The summed E-state index contributed by atoms with van der Waals surface area (Å²) >= 11 is 0. The summed E-state index contributed by atoms with van der Waals surface area (Å²) in [4.78, 5) is 18.4. The van der Waals surface area contributed by atoms with E-state index < -0.39 is 10.0 Å². The first-order valence-corrected chi connectivity index (χ1v) is 9.73. The summed E-state index contributed by atoms with van der Waals surface area (Å²) in [6.45, 7) is 1.52. The number of aromatic nitrogens is 1. The number of amides is 1. The van der Waals surface area contributed by atoms with Crippen LogP contribution in [0, 0.1) is 0 Å². The van der Waals surface area contributed by atoms with Crippen molar-refractivity contribution in [3.05, 3.63) is 60.4 Å². The maximum Gasteiger partial charge on any atom is 0.243 e. The van der Waals surface area contributed by atoms with Gasteiger partial charge in [0.2, 0.25) is 15.9 Å². The first-order chi connectivity index (χ1) is 12.1. The maximum absolute atomic E-state index is 12.6. The third kappa shape index (κ3) is 4.24. The molecule has 1 aliphatic rings. The fourth-order valence-electron chi connectivity index (χ4n) is 2.87. The zero-order valence-corrected chi connectivity index (χ0v) is 14.7. The highest BCUT2D eigenvalue weighted by Gasteiger charge is 2.29. The number of carbonyl (C=O) groups excluding carboxylic acids is 1. The smallest absolute Gasteiger partial charge is 0.243 e. The molecule has 25 heavy (non-hydrogen) atoms. The van der Waals surface area contributed by atoms with E-state index in [0.29, 0.717) is 43.9 Å². The van der Waals surface area contributed by atoms with Crippen molar-refractivity contribution < 1.29 is 13.2 Å². The number of sulfonamides is 1. The average Bonchev–Trinajstić information content (AvgIpc) is 2.68. The topological polar surface area (TPSA) is 70.6 Å². The molecule has 0 unspecified atom stereocenters. The summed E-state index contributed by atoms with van der Waals surface area (Å²) in [5.41, 5.74) is 1.03. The van der Waals surface area contributed by atoms with Gasteiger partial charge in [-0.2, -0.15) is 4.31 Å². The zero-order valence-electron chi connectivity index (χ0n) is 13.9. The molecule has 0 saturated carbocycles. The largest absolute Gasteiger partial charge is 0.340 e. The van der Waals surface area contributed by atoms with Gasteiger partial charge >= 0.3 is 0 Å². The van der Waals surface area contributed by atoms with E-state index in [2.05, 4.69) is 4.98 Å². The molecule has 132 valence electrons. The molecule has 1 saturated heterocycles. The van der Waals surface area contributed by atoms with E-state index in [9.17, 15) is 13.2 Å². The van der Waals surface area contributed by atoms with E-state index in [0.717, 1.165) is 5.56 Å². The van der Waals surface area contributed by atoms with Gasteiger partial charge in [-0.3, -0.25) is 9.78 Å². The van der Waals surface area contributed by atoms with E-state index in [1.54, 1.807) is 47.6 Å². The molecule has 0 aliphatic carbocycles. The van der Waals surface area contributed by atoms with Crippen molar-refractivity contribution in [2.45, 2.75) is 17.7 Å². The summed E-state index contributed by atoms with van der Waals surface area (Å²) in [5.74, 6) is 0.0561. The molecule has 1 aliphatic heterocycles. The van der Waals surface area contributed by atoms with E-state index in [4.69, 9.17) is 0 Å². The van der Waals surface area contributed by atoms with E-state index in [-0.39, 0.29) is 5.91 Å². The molecule has 1 fully saturated rings. The fraction of sp³-hybridized carbons (Fsp3) is 0.333. The highest BCUT2D eigenvalue weighted by atomic mass is 32.2. The predicted octanol–water partition coefficient (Wildman–Crippen LogP) is 1.55. The van der Waals surface area contributed by atoms with Crippen molar-refractivity contribution in [1.29, 1.82) is 0 Å². The fourth-order valence-corrected chi connectivity index (χ4v) is 4.32. The maximum atomic E-state index is 12.6. The number of nitrogens with zero attached hydrogens (tertiary/aromatic N) is 3. The molecular formula is C18H21N3O3S. The number of pyridine rings is 1. The van der Waals surface area contributed by atoms with Crippen molar-refractivity contribution in [3.63, 3.8) is 0 Å². The van der Waals surface area contributed by atoms with Gasteiger partial charge < -0.3 is 4.90 Å². The van der Waals surface area contributed by atoms with Gasteiger partial charge in [0, 0.05) is 45.0 Å². The van der Waals surface area contributed by atoms with Crippen LogP contribution in [-0.4, -0.2) is 54.7 Å². The van der Waals surface area contributed by atoms with Crippen molar-refractivity contribution in [3.8, 4) is 0 Å². The van der Waals surface area contributed by atoms with Crippen LogP contribution in [0.3, 0.4) is 0 Å². The molecule has 0 bridgehead atoms.